The van der Waals surface area contributed by atoms with Crippen LogP contribution < -0.4 is 0 Å². The molecule has 0 unspecified atom stereocenters. The van der Waals surface area contributed by atoms with Gasteiger partial charge in [0.2, 0.25) is 5.60 Å². The van der Waals surface area contributed by atoms with E-state index in [2.05, 4.69) is 4.74 Å². The monoisotopic (exact) mass is 317 g/mol. The third kappa shape index (κ3) is 3.05. The first-order chi connectivity index (χ1) is 10.9. The average molecular weight is 317 g/mol. The minimum atomic E-state index is -2.33. The van der Waals surface area contributed by atoms with E-state index in [0.717, 1.165) is 7.11 Å². The number of nitro groups is 1. The van der Waals surface area contributed by atoms with Crippen LogP contribution in [0.5, 0.6) is 0 Å². The van der Waals surface area contributed by atoms with E-state index in [1.54, 1.807) is 18.2 Å². The van der Waals surface area contributed by atoms with E-state index in [-0.39, 0.29) is 16.8 Å². The number of hydrogen-bond donors (Lipinski definition) is 2. The molecule has 23 heavy (non-hydrogen) atoms. The second-order valence-electron chi connectivity index (χ2n) is 4.88. The Morgan fingerprint density at radius 1 is 1.17 bits per heavy atom. The first-order valence-corrected chi connectivity index (χ1v) is 6.70. The summed E-state index contributed by atoms with van der Waals surface area (Å²) in [4.78, 5) is 22.2. The van der Waals surface area contributed by atoms with Crippen molar-refractivity contribution in [1.29, 1.82) is 0 Å². The molecule has 7 nitrogen and oxygen atoms in total. The van der Waals surface area contributed by atoms with Gasteiger partial charge in [0.1, 0.15) is 6.10 Å². The fraction of sp³-hybridized carbons (Fsp3) is 0.188. The largest absolute Gasteiger partial charge is 0.467 e. The maximum absolute atomic E-state index is 12.1. The third-order valence-corrected chi connectivity index (χ3v) is 3.53. The van der Waals surface area contributed by atoms with Crippen molar-refractivity contribution in [3.8, 4) is 0 Å². The number of carbonyl (C=O) groups excluding carboxylic acids is 1. The van der Waals surface area contributed by atoms with E-state index >= 15 is 0 Å². The number of hydrogen-bond acceptors (Lipinski definition) is 6. The van der Waals surface area contributed by atoms with Gasteiger partial charge < -0.3 is 14.9 Å². The minimum Gasteiger partial charge on any atom is -0.467 e. The lowest BCUT2D eigenvalue weighted by molar-refractivity contribution is -0.384. The number of non-ortho nitro benzene ring substituents is 1. The molecule has 0 aliphatic carbocycles. The summed E-state index contributed by atoms with van der Waals surface area (Å²) in [6.45, 7) is 0. The molecule has 0 aliphatic heterocycles. The Kier molecular flexibility index (Phi) is 4.73. The van der Waals surface area contributed by atoms with Crippen molar-refractivity contribution in [3.05, 3.63) is 75.8 Å². The number of carbonyl (C=O) groups is 1. The van der Waals surface area contributed by atoms with Crippen LogP contribution >= 0.6 is 0 Å². The summed E-state index contributed by atoms with van der Waals surface area (Å²) in [5.74, 6) is -1.03. The van der Waals surface area contributed by atoms with Gasteiger partial charge in [-0.25, -0.2) is 4.79 Å². The highest BCUT2D eigenvalue weighted by Crippen LogP contribution is 2.36. The van der Waals surface area contributed by atoms with Gasteiger partial charge in [-0.2, -0.15) is 0 Å². The van der Waals surface area contributed by atoms with Crippen LogP contribution in [0.1, 0.15) is 17.2 Å². The molecule has 0 amide bonds. The second kappa shape index (κ2) is 6.55. The molecule has 0 spiro atoms. The Morgan fingerprint density at radius 3 is 2.22 bits per heavy atom. The molecule has 2 atom stereocenters. The van der Waals surface area contributed by atoms with Crippen molar-refractivity contribution in [3.63, 3.8) is 0 Å². The average Bonchev–Trinajstić information content (AvgIpc) is 2.60. The summed E-state index contributed by atoms with van der Waals surface area (Å²) < 4.78 is 4.62. The van der Waals surface area contributed by atoms with E-state index in [0.29, 0.717) is 0 Å². The highest BCUT2D eigenvalue weighted by molar-refractivity contribution is 5.82. The molecular weight excluding hydrogens is 302 g/mol. The smallest absolute Gasteiger partial charge is 0.345 e. The summed E-state index contributed by atoms with van der Waals surface area (Å²) in [5, 5.41) is 32.0. The van der Waals surface area contributed by atoms with E-state index < -0.39 is 22.6 Å². The molecule has 0 heterocycles. The normalized spacial score (nSPS) is 14.6. The lowest BCUT2D eigenvalue weighted by Crippen LogP contribution is -2.42. The maximum Gasteiger partial charge on any atom is 0.345 e. The summed E-state index contributed by atoms with van der Waals surface area (Å²) in [5.41, 5.74) is -2.20. The summed E-state index contributed by atoms with van der Waals surface area (Å²) in [6, 6.07) is 12.8. The Balaban J connectivity index is 2.47. The Hall–Kier alpha value is -2.77. The van der Waals surface area contributed by atoms with Gasteiger partial charge in [-0.3, -0.25) is 10.1 Å². The van der Waals surface area contributed by atoms with Crippen molar-refractivity contribution in [2.45, 2.75) is 11.7 Å². The highest BCUT2D eigenvalue weighted by atomic mass is 16.6. The SMILES string of the molecule is COC(=O)[C@](O)(c1ccccc1)[C@H](O)c1ccc([N+](=O)[O-])cc1. The first-order valence-electron chi connectivity index (χ1n) is 6.70. The molecule has 2 rings (SSSR count). The molecule has 0 saturated carbocycles. The van der Waals surface area contributed by atoms with Gasteiger partial charge in [-0.15, -0.1) is 0 Å². The van der Waals surface area contributed by atoms with Crippen LogP contribution in [0.3, 0.4) is 0 Å². The number of ether oxygens (including phenoxy) is 1. The van der Waals surface area contributed by atoms with Crippen molar-refractivity contribution in [2.75, 3.05) is 7.11 Å². The number of methoxy groups -OCH3 is 1. The molecule has 0 aromatic heterocycles. The molecular formula is C16H15NO6. The van der Waals surface area contributed by atoms with Crippen molar-refractivity contribution in [1.82, 2.24) is 0 Å². The summed E-state index contributed by atoms with van der Waals surface area (Å²) >= 11 is 0. The quantitative estimate of drug-likeness (QED) is 0.493. The number of nitrogens with zero attached hydrogens (tertiary/aromatic N) is 1. The molecule has 0 radical (unpaired) electrons. The zero-order chi connectivity index (χ0) is 17.0. The number of benzene rings is 2. The van der Waals surface area contributed by atoms with E-state index in [1.807, 2.05) is 0 Å². The van der Waals surface area contributed by atoms with Crippen molar-refractivity contribution in [2.24, 2.45) is 0 Å². The predicted molar refractivity (Wildman–Crippen MR) is 80.4 cm³/mol. The van der Waals surface area contributed by atoms with Gasteiger partial charge in [0, 0.05) is 12.1 Å². The Labute approximate surface area is 131 Å². The van der Waals surface area contributed by atoms with E-state index in [9.17, 15) is 25.1 Å². The van der Waals surface area contributed by atoms with E-state index in [1.165, 1.54) is 36.4 Å². The maximum atomic E-state index is 12.1. The molecule has 7 heteroatoms. The van der Waals surface area contributed by atoms with Gasteiger partial charge in [-0.1, -0.05) is 30.3 Å². The van der Waals surface area contributed by atoms with Crippen LogP contribution in [0, 0.1) is 10.1 Å². The summed E-state index contributed by atoms with van der Waals surface area (Å²) in [6.07, 6.45) is -1.65. The third-order valence-electron chi connectivity index (χ3n) is 3.53. The Bertz CT molecular complexity index is 700. The fourth-order valence-corrected chi connectivity index (χ4v) is 2.25. The van der Waals surface area contributed by atoms with Gasteiger partial charge in [-0.05, 0) is 23.3 Å². The molecule has 0 saturated heterocycles. The molecule has 0 bridgehead atoms. The lowest BCUT2D eigenvalue weighted by atomic mass is 9.84. The van der Waals surface area contributed by atoms with Crippen LogP contribution in [-0.2, 0) is 15.1 Å². The highest BCUT2D eigenvalue weighted by Gasteiger charge is 2.47. The molecule has 0 aliphatic rings. The second-order valence-corrected chi connectivity index (χ2v) is 4.88. The van der Waals surface area contributed by atoms with Crippen LogP contribution in [0.25, 0.3) is 0 Å². The Morgan fingerprint density at radius 2 is 1.74 bits per heavy atom. The molecule has 2 aromatic carbocycles. The first kappa shape index (κ1) is 16.6. The summed E-state index contributed by atoms with van der Waals surface area (Å²) in [7, 11) is 1.10. The lowest BCUT2D eigenvalue weighted by Gasteiger charge is -2.30. The predicted octanol–water partition coefficient (Wildman–Crippen LogP) is 1.69. The number of aliphatic hydroxyl groups is 2. The van der Waals surface area contributed by atoms with E-state index in [4.69, 9.17) is 0 Å². The van der Waals surface area contributed by atoms with Crippen LogP contribution in [0.15, 0.2) is 54.6 Å². The van der Waals surface area contributed by atoms with Gasteiger partial charge in [0.25, 0.3) is 5.69 Å². The molecule has 2 aromatic rings. The molecule has 2 N–H and O–H groups in total. The number of nitro benzene ring substituents is 1. The van der Waals surface area contributed by atoms with Gasteiger partial charge >= 0.3 is 5.97 Å². The van der Waals surface area contributed by atoms with Crippen LogP contribution in [-0.4, -0.2) is 28.2 Å². The standard InChI is InChI=1S/C16H15NO6/c1-23-15(19)16(20,12-5-3-2-4-6-12)14(18)11-7-9-13(10-8-11)17(21)22/h2-10,14,18,20H,1H3/t14-,16+/m1/s1. The molecule has 120 valence electrons. The van der Waals surface area contributed by atoms with Crippen LogP contribution in [0.2, 0.25) is 0 Å². The topological polar surface area (TPSA) is 110 Å². The minimum absolute atomic E-state index is 0.146. The molecule has 0 fully saturated rings. The van der Waals surface area contributed by atoms with Gasteiger partial charge in [0.15, 0.2) is 0 Å². The number of esters is 1. The number of aliphatic hydroxyl groups excluding tert-OH is 1. The zero-order valence-electron chi connectivity index (χ0n) is 12.2. The zero-order valence-corrected chi connectivity index (χ0v) is 12.2. The van der Waals surface area contributed by atoms with Crippen molar-refractivity contribution >= 4 is 11.7 Å². The fourth-order valence-electron chi connectivity index (χ4n) is 2.25. The van der Waals surface area contributed by atoms with Crippen LogP contribution in [0.4, 0.5) is 5.69 Å². The number of rotatable bonds is 5. The van der Waals surface area contributed by atoms with Crippen molar-refractivity contribution < 1.29 is 24.7 Å². The van der Waals surface area contributed by atoms with Gasteiger partial charge in [0.05, 0.1) is 12.0 Å².